The third-order valence-electron chi connectivity index (χ3n) is 1.47. The van der Waals surface area contributed by atoms with Gasteiger partial charge in [0.25, 0.3) is 0 Å². The second-order valence-electron chi connectivity index (χ2n) is 2.52. The summed E-state index contributed by atoms with van der Waals surface area (Å²) in [6, 6.07) is 0. The fraction of sp³-hybridized carbons (Fsp3) is 0.364. The van der Waals surface area contributed by atoms with E-state index in [-0.39, 0.29) is 5.97 Å². The van der Waals surface area contributed by atoms with Crippen molar-refractivity contribution in [2.75, 3.05) is 7.11 Å². The molecule has 13 heavy (non-hydrogen) atoms. The van der Waals surface area contributed by atoms with Crippen molar-refractivity contribution in [3.63, 3.8) is 0 Å². The summed E-state index contributed by atoms with van der Waals surface area (Å²) in [6.07, 6.45) is 12.0. The summed E-state index contributed by atoms with van der Waals surface area (Å²) in [7, 11) is 1.37. The lowest BCUT2D eigenvalue weighted by molar-refractivity contribution is -0.134. The van der Waals surface area contributed by atoms with Crippen molar-refractivity contribution in [2.45, 2.75) is 19.3 Å². The lowest BCUT2D eigenvalue weighted by atomic mass is 10.2. The van der Waals surface area contributed by atoms with E-state index in [2.05, 4.69) is 17.4 Å². The number of hydrogen-bond donors (Lipinski definition) is 0. The van der Waals surface area contributed by atoms with Crippen LogP contribution in [0.15, 0.2) is 37.0 Å². The summed E-state index contributed by atoms with van der Waals surface area (Å²) in [6.45, 7) is 3.57. The van der Waals surface area contributed by atoms with Gasteiger partial charge in [0.1, 0.15) is 0 Å². The van der Waals surface area contributed by atoms with E-state index < -0.39 is 0 Å². The van der Waals surface area contributed by atoms with Gasteiger partial charge in [0.15, 0.2) is 0 Å². The SMILES string of the molecule is C=C/C=C/CCCC=CC(=O)OC. The van der Waals surface area contributed by atoms with Gasteiger partial charge in [0, 0.05) is 6.08 Å². The molecule has 0 bridgehead atoms. The summed E-state index contributed by atoms with van der Waals surface area (Å²) >= 11 is 0. The molecular weight excluding hydrogens is 164 g/mol. The van der Waals surface area contributed by atoms with E-state index in [1.165, 1.54) is 13.2 Å². The molecule has 0 amide bonds. The number of carbonyl (C=O) groups is 1. The van der Waals surface area contributed by atoms with E-state index in [0.29, 0.717) is 0 Å². The van der Waals surface area contributed by atoms with Gasteiger partial charge >= 0.3 is 5.97 Å². The standard InChI is InChI=1S/C11H16O2/c1-3-4-5-6-7-8-9-10-11(12)13-2/h3-5,9-10H,1,6-8H2,2H3/b5-4+,10-9?. The quantitative estimate of drug-likeness (QED) is 0.272. The highest BCUT2D eigenvalue weighted by molar-refractivity contribution is 5.81. The Hall–Kier alpha value is -1.31. The van der Waals surface area contributed by atoms with Gasteiger partial charge in [-0.3, -0.25) is 0 Å². The van der Waals surface area contributed by atoms with Crippen molar-refractivity contribution in [1.82, 2.24) is 0 Å². The Morgan fingerprint density at radius 2 is 2.08 bits per heavy atom. The van der Waals surface area contributed by atoms with Gasteiger partial charge in [-0.25, -0.2) is 4.79 Å². The largest absolute Gasteiger partial charge is 0.466 e. The lowest BCUT2D eigenvalue weighted by Gasteiger charge is -1.90. The van der Waals surface area contributed by atoms with Crippen LogP contribution in [-0.4, -0.2) is 13.1 Å². The van der Waals surface area contributed by atoms with Gasteiger partial charge in [-0.05, 0) is 19.3 Å². The van der Waals surface area contributed by atoms with Crippen molar-refractivity contribution in [1.29, 1.82) is 0 Å². The van der Waals surface area contributed by atoms with E-state index in [1.807, 2.05) is 12.2 Å². The molecule has 2 heteroatoms. The van der Waals surface area contributed by atoms with Crippen molar-refractivity contribution in [3.8, 4) is 0 Å². The number of unbranched alkanes of at least 4 members (excludes halogenated alkanes) is 2. The van der Waals surface area contributed by atoms with E-state index in [1.54, 1.807) is 6.08 Å². The van der Waals surface area contributed by atoms with Crippen LogP contribution in [0.5, 0.6) is 0 Å². The summed E-state index contributed by atoms with van der Waals surface area (Å²) in [5.41, 5.74) is 0. The fourth-order valence-electron chi connectivity index (χ4n) is 0.794. The predicted molar refractivity (Wildman–Crippen MR) is 54.3 cm³/mol. The Morgan fingerprint density at radius 1 is 1.38 bits per heavy atom. The van der Waals surface area contributed by atoms with Crippen molar-refractivity contribution in [2.24, 2.45) is 0 Å². The molecule has 0 aliphatic rings. The van der Waals surface area contributed by atoms with E-state index in [4.69, 9.17) is 0 Å². The van der Waals surface area contributed by atoms with Crippen LogP contribution in [0.3, 0.4) is 0 Å². The number of allylic oxidation sites excluding steroid dienone is 4. The highest BCUT2D eigenvalue weighted by Gasteiger charge is 1.88. The fourth-order valence-corrected chi connectivity index (χ4v) is 0.794. The molecule has 0 heterocycles. The summed E-state index contributed by atoms with van der Waals surface area (Å²) in [4.78, 5) is 10.6. The van der Waals surface area contributed by atoms with Crippen LogP contribution >= 0.6 is 0 Å². The van der Waals surface area contributed by atoms with Crippen LogP contribution in [0.2, 0.25) is 0 Å². The molecule has 0 N–H and O–H groups in total. The minimum absolute atomic E-state index is 0.290. The zero-order valence-corrected chi connectivity index (χ0v) is 8.03. The van der Waals surface area contributed by atoms with Crippen molar-refractivity contribution >= 4 is 5.97 Å². The molecule has 0 rings (SSSR count). The molecular formula is C11H16O2. The average Bonchev–Trinajstić information content (AvgIpc) is 2.16. The van der Waals surface area contributed by atoms with Crippen LogP contribution in [-0.2, 0) is 9.53 Å². The number of methoxy groups -OCH3 is 1. The maximum absolute atomic E-state index is 10.6. The van der Waals surface area contributed by atoms with Crippen molar-refractivity contribution < 1.29 is 9.53 Å². The maximum Gasteiger partial charge on any atom is 0.330 e. The monoisotopic (exact) mass is 180 g/mol. The molecule has 0 atom stereocenters. The first-order chi connectivity index (χ1) is 6.31. The van der Waals surface area contributed by atoms with Crippen LogP contribution < -0.4 is 0 Å². The minimum atomic E-state index is -0.290. The molecule has 0 spiro atoms. The highest BCUT2D eigenvalue weighted by atomic mass is 16.5. The first kappa shape index (κ1) is 11.7. The summed E-state index contributed by atoms with van der Waals surface area (Å²) < 4.78 is 4.44. The molecule has 0 aromatic carbocycles. The second-order valence-corrected chi connectivity index (χ2v) is 2.52. The van der Waals surface area contributed by atoms with Crippen LogP contribution in [0, 0.1) is 0 Å². The van der Waals surface area contributed by atoms with E-state index in [9.17, 15) is 4.79 Å². The third-order valence-corrected chi connectivity index (χ3v) is 1.47. The molecule has 72 valence electrons. The minimum Gasteiger partial charge on any atom is -0.466 e. The Labute approximate surface area is 79.6 Å². The number of ether oxygens (including phenoxy) is 1. The summed E-state index contributed by atoms with van der Waals surface area (Å²) in [5.74, 6) is -0.290. The number of carbonyl (C=O) groups excluding carboxylic acids is 1. The van der Waals surface area contributed by atoms with Gasteiger partial charge < -0.3 is 4.74 Å². The number of esters is 1. The molecule has 0 saturated carbocycles. The molecule has 0 saturated heterocycles. The van der Waals surface area contributed by atoms with E-state index in [0.717, 1.165) is 19.3 Å². The van der Waals surface area contributed by atoms with Gasteiger partial charge in [-0.2, -0.15) is 0 Å². The molecule has 0 aromatic heterocycles. The Bertz CT molecular complexity index is 202. The molecule has 2 nitrogen and oxygen atoms in total. The topological polar surface area (TPSA) is 26.3 Å². The zero-order chi connectivity index (χ0) is 9.94. The smallest absolute Gasteiger partial charge is 0.330 e. The first-order valence-electron chi connectivity index (χ1n) is 4.33. The van der Waals surface area contributed by atoms with Crippen LogP contribution in [0.1, 0.15) is 19.3 Å². The summed E-state index contributed by atoms with van der Waals surface area (Å²) in [5, 5.41) is 0. The molecule has 0 aliphatic heterocycles. The Morgan fingerprint density at radius 3 is 2.69 bits per heavy atom. The van der Waals surface area contributed by atoms with Crippen LogP contribution in [0.25, 0.3) is 0 Å². The molecule has 0 fully saturated rings. The number of hydrogen-bond acceptors (Lipinski definition) is 2. The molecule has 0 aliphatic carbocycles. The van der Waals surface area contributed by atoms with Crippen molar-refractivity contribution in [3.05, 3.63) is 37.0 Å². The van der Waals surface area contributed by atoms with E-state index >= 15 is 0 Å². The zero-order valence-electron chi connectivity index (χ0n) is 8.03. The van der Waals surface area contributed by atoms with Gasteiger partial charge in [0.05, 0.1) is 7.11 Å². The Balaban J connectivity index is 3.34. The van der Waals surface area contributed by atoms with Gasteiger partial charge in [-0.1, -0.05) is 30.9 Å². The average molecular weight is 180 g/mol. The molecule has 0 unspecified atom stereocenters. The van der Waals surface area contributed by atoms with Gasteiger partial charge in [0.2, 0.25) is 0 Å². The number of rotatable bonds is 6. The second kappa shape index (κ2) is 8.78. The third kappa shape index (κ3) is 8.60. The van der Waals surface area contributed by atoms with Crippen LogP contribution in [0.4, 0.5) is 0 Å². The molecule has 0 aromatic rings. The maximum atomic E-state index is 10.6. The first-order valence-corrected chi connectivity index (χ1v) is 4.33. The van der Waals surface area contributed by atoms with Gasteiger partial charge in [-0.15, -0.1) is 0 Å². The lowest BCUT2D eigenvalue weighted by Crippen LogP contribution is -1.93. The predicted octanol–water partition coefficient (Wildman–Crippen LogP) is 2.63. The molecule has 0 radical (unpaired) electrons. The highest BCUT2D eigenvalue weighted by Crippen LogP contribution is 1.98. The Kier molecular flexibility index (Phi) is 7.90. The normalized spacial score (nSPS) is 10.8.